The zero-order valence-corrected chi connectivity index (χ0v) is 16.0. The van der Waals surface area contributed by atoms with Gasteiger partial charge in [-0.3, -0.25) is 4.98 Å². The number of halogens is 2. The van der Waals surface area contributed by atoms with E-state index in [9.17, 15) is 8.42 Å². The highest BCUT2D eigenvalue weighted by molar-refractivity contribution is 7.89. The highest BCUT2D eigenvalue weighted by atomic mass is 35.5. The molecule has 0 unspecified atom stereocenters. The number of ether oxygens (including phenoxy) is 1. The molecule has 1 N–H and O–H groups in total. The van der Waals surface area contributed by atoms with Crippen molar-refractivity contribution in [3.8, 4) is 17.6 Å². The van der Waals surface area contributed by atoms with Crippen molar-refractivity contribution < 1.29 is 13.2 Å². The minimum atomic E-state index is -3.77. The fraction of sp³-hybridized carbons (Fsp3) is 0.235. The van der Waals surface area contributed by atoms with Crippen molar-refractivity contribution in [1.29, 1.82) is 0 Å². The molecule has 0 saturated heterocycles. The first-order chi connectivity index (χ1) is 11.8. The lowest BCUT2D eigenvalue weighted by molar-refractivity contribution is 0.368. The van der Waals surface area contributed by atoms with Crippen LogP contribution in [0.25, 0.3) is 0 Å². The van der Waals surface area contributed by atoms with E-state index in [0.29, 0.717) is 16.3 Å². The van der Waals surface area contributed by atoms with Gasteiger partial charge in [0.25, 0.3) is 0 Å². The molecular formula is C17H16Cl2N2O3S. The van der Waals surface area contributed by atoms with E-state index in [1.807, 2.05) is 13.0 Å². The van der Waals surface area contributed by atoms with Crippen molar-refractivity contribution in [2.45, 2.75) is 18.7 Å². The molecule has 0 spiro atoms. The summed E-state index contributed by atoms with van der Waals surface area (Å²) in [4.78, 5) is 4.07. The molecule has 0 aliphatic rings. The molecule has 1 heterocycles. The zero-order valence-electron chi connectivity index (χ0n) is 13.6. The summed E-state index contributed by atoms with van der Waals surface area (Å²) in [6, 6.07) is 6.45. The zero-order chi connectivity index (χ0) is 18.4. The maximum Gasteiger partial charge on any atom is 0.242 e. The Morgan fingerprint density at radius 2 is 1.92 bits per heavy atom. The van der Waals surface area contributed by atoms with Crippen LogP contribution in [0.2, 0.25) is 10.0 Å². The van der Waals surface area contributed by atoms with Gasteiger partial charge in [0, 0.05) is 10.7 Å². The number of hydrogen-bond donors (Lipinski definition) is 1. The molecule has 132 valence electrons. The second-order valence-electron chi connectivity index (χ2n) is 5.13. The van der Waals surface area contributed by atoms with Crippen LogP contribution >= 0.6 is 23.2 Å². The van der Waals surface area contributed by atoms with Crippen LogP contribution in [0.3, 0.4) is 0 Å². The summed E-state index contributed by atoms with van der Waals surface area (Å²) in [6.45, 7) is 3.65. The van der Waals surface area contributed by atoms with Crippen molar-refractivity contribution in [2.24, 2.45) is 0 Å². The number of nitrogens with zero attached hydrogens (tertiary/aromatic N) is 1. The lowest BCUT2D eigenvalue weighted by Gasteiger charge is -2.08. The maximum atomic E-state index is 12.3. The summed E-state index contributed by atoms with van der Waals surface area (Å²) in [7, 11) is -3.77. The first kappa shape index (κ1) is 19.5. The number of aryl methyl sites for hydroxylation is 2. The Kier molecular flexibility index (Phi) is 6.68. The van der Waals surface area contributed by atoms with Crippen LogP contribution in [0.4, 0.5) is 0 Å². The van der Waals surface area contributed by atoms with Crippen molar-refractivity contribution in [1.82, 2.24) is 9.71 Å². The Morgan fingerprint density at radius 1 is 1.16 bits per heavy atom. The average Bonchev–Trinajstić information content (AvgIpc) is 2.55. The second-order valence-corrected chi connectivity index (χ2v) is 7.68. The molecule has 25 heavy (non-hydrogen) atoms. The molecule has 0 fully saturated rings. The van der Waals surface area contributed by atoms with E-state index in [-0.39, 0.29) is 23.1 Å². The third kappa shape index (κ3) is 5.62. The number of aromatic nitrogens is 1. The molecule has 0 amide bonds. The average molecular weight is 399 g/mol. The number of benzene rings is 1. The molecular weight excluding hydrogens is 383 g/mol. The first-order valence-corrected chi connectivity index (χ1v) is 9.50. The molecule has 1 aromatic carbocycles. The smallest absolute Gasteiger partial charge is 0.242 e. The van der Waals surface area contributed by atoms with Crippen LogP contribution < -0.4 is 9.46 Å². The van der Waals surface area contributed by atoms with E-state index >= 15 is 0 Å². The summed E-state index contributed by atoms with van der Waals surface area (Å²) in [6.07, 6.45) is 1.60. The molecule has 0 aliphatic heterocycles. The Bertz CT molecular complexity index is 917. The quantitative estimate of drug-likeness (QED) is 0.783. The Hall–Kier alpha value is -1.78. The highest BCUT2D eigenvalue weighted by Crippen LogP contribution is 2.27. The van der Waals surface area contributed by atoms with E-state index < -0.39 is 10.0 Å². The van der Waals surface area contributed by atoms with Crippen molar-refractivity contribution in [2.75, 3.05) is 13.2 Å². The van der Waals surface area contributed by atoms with Crippen LogP contribution in [0, 0.1) is 25.7 Å². The molecule has 2 aromatic rings. The van der Waals surface area contributed by atoms with Crippen LogP contribution in [-0.4, -0.2) is 26.6 Å². The van der Waals surface area contributed by atoms with Crippen LogP contribution in [0.5, 0.6) is 5.75 Å². The summed E-state index contributed by atoms with van der Waals surface area (Å²) < 4.78 is 32.3. The van der Waals surface area contributed by atoms with Gasteiger partial charge in [-0.15, -0.1) is 0 Å². The SMILES string of the molecule is Cc1ccc(OCC#CCNS(=O)(=O)c2cc(C)c(Cl)cc2Cl)cn1. The van der Waals surface area contributed by atoms with Crippen LogP contribution in [-0.2, 0) is 10.0 Å². The second kappa shape index (κ2) is 8.54. The van der Waals surface area contributed by atoms with E-state index in [0.717, 1.165) is 5.69 Å². The first-order valence-electron chi connectivity index (χ1n) is 7.26. The molecule has 2 rings (SSSR count). The highest BCUT2D eigenvalue weighted by Gasteiger charge is 2.18. The summed E-state index contributed by atoms with van der Waals surface area (Å²) in [5, 5.41) is 0.470. The molecule has 0 atom stereocenters. The van der Waals surface area contributed by atoms with Crippen LogP contribution in [0.1, 0.15) is 11.3 Å². The van der Waals surface area contributed by atoms with Gasteiger partial charge in [0.05, 0.1) is 17.8 Å². The molecule has 0 bridgehead atoms. The van der Waals surface area contributed by atoms with E-state index in [2.05, 4.69) is 21.5 Å². The molecule has 0 aliphatic carbocycles. The molecule has 0 saturated carbocycles. The standard InChI is InChI=1S/C17H16Cl2N2O3S/c1-12-9-17(16(19)10-15(12)18)25(22,23)21-7-3-4-8-24-14-6-5-13(2)20-11-14/h5-6,9-11,21H,7-8H2,1-2H3. The van der Waals surface area contributed by atoms with E-state index in [4.69, 9.17) is 27.9 Å². The fourth-order valence-corrected chi connectivity index (χ4v) is 3.57. The molecule has 0 radical (unpaired) electrons. The van der Waals surface area contributed by atoms with Gasteiger partial charge in [0.15, 0.2) is 0 Å². The Morgan fingerprint density at radius 3 is 2.60 bits per heavy atom. The summed E-state index contributed by atoms with van der Waals surface area (Å²) in [5.74, 6) is 6.01. The van der Waals surface area contributed by atoms with Gasteiger partial charge < -0.3 is 4.74 Å². The maximum absolute atomic E-state index is 12.3. The minimum absolute atomic E-state index is 0.0279. The molecule has 5 nitrogen and oxygen atoms in total. The van der Waals surface area contributed by atoms with Crippen molar-refractivity contribution >= 4 is 33.2 Å². The predicted molar refractivity (Wildman–Crippen MR) is 98.6 cm³/mol. The topological polar surface area (TPSA) is 68.3 Å². The van der Waals surface area contributed by atoms with E-state index in [1.165, 1.54) is 12.1 Å². The predicted octanol–water partition coefficient (Wildman–Crippen LogP) is 3.37. The molecule has 1 aromatic heterocycles. The third-order valence-electron chi connectivity index (χ3n) is 3.17. The van der Waals surface area contributed by atoms with Crippen molar-refractivity contribution in [3.05, 3.63) is 51.8 Å². The molecule has 8 heteroatoms. The largest absolute Gasteiger partial charge is 0.479 e. The van der Waals surface area contributed by atoms with Gasteiger partial charge >= 0.3 is 0 Å². The van der Waals surface area contributed by atoms with E-state index in [1.54, 1.807) is 19.2 Å². The van der Waals surface area contributed by atoms with Gasteiger partial charge in [-0.25, -0.2) is 8.42 Å². The van der Waals surface area contributed by atoms with Gasteiger partial charge in [0.1, 0.15) is 17.3 Å². The monoisotopic (exact) mass is 398 g/mol. The lowest BCUT2D eigenvalue weighted by atomic mass is 10.2. The summed E-state index contributed by atoms with van der Waals surface area (Å²) in [5.41, 5.74) is 1.52. The van der Waals surface area contributed by atoms with Gasteiger partial charge in [-0.05, 0) is 43.7 Å². The number of nitrogens with one attached hydrogen (secondary N) is 1. The number of sulfonamides is 1. The number of rotatable bonds is 5. The van der Waals surface area contributed by atoms with Crippen LogP contribution in [0.15, 0.2) is 35.4 Å². The number of pyridine rings is 1. The normalized spacial score (nSPS) is 10.9. The third-order valence-corrected chi connectivity index (χ3v) is 5.45. The van der Waals surface area contributed by atoms with Gasteiger partial charge in [-0.1, -0.05) is 35.0 Å². The Labute approximate surface area is 157 Å². The minimum Gasteiger partial charge on any atom is -0.479 e. The number of hydrogen-bond acceptors (Lipinski definition) is 4. The fourth-order valence-electron chi connectivity index (χ4n) is 1.82. The van der Waals surface area contributed by atoms with Crippen molar-refractivity contribution in [3.63, 3.8) is 0 Å². The Balaban J connectivity index is 1.91. The summed E-state index contributed by atoms with van der Waals surface area (Å²) >= 11 is 11.9. The lowest BCUT2D eigenvalue weighted by Crippen LogP contribution is -2.24. The van der Waals surface area contributed by atoms with Gasteiger partial charge in [0.2, 0.25) is 10.0 Å². The van der Waals surface area contributed by atoms with Gasteiger partial charge in [-0.2, -0.15) is 4.72 Å².